The lowest BCUT2D eigenvalue weighted by Crippen LogP contribution is -2.34. The summed E-state index contributed by atoms with van der Waals surface area (Å²) in [5.74, 6) is -0.640. The Morgan fingerprint density at radius 3 is 2.65 bits per heavy atom. The summed E-state index contributed by atoms with van der Waals surface area (Å²) >= 11 is 5.27. The number of hydrogen-bond acceptors (Lipinski definition) is 1. The largest absolute Gasteiger partial charge is 0.405 e. The molecule has 7 heteroatoms. The van der Waals surface area contributed by atoms with E-state index < -0.39 is 18.6 Å². The molecule has 0 aliphatic rings. The lowest BCUT2D eigenvalue weighted by atomic mass is 10.1. The van der Waals surface area contributed by atoms with E-state index in [1.807, 2.05) is 27.9 Å². The highest BCUT2D eigenvalue weighted by Crippen LogP contribution is 2.19. The fourth-order valence-electron chi connectivity index (χ4n) is 1.11. The molecular weight excluding hydrogens is 414 g/mol. The summed E-state index contributed by atoms with van der Waals surface area (Å²) in [6, 6.07) is 5.31. The molecule has 0 saturated carbocycles. The van der Waals surface area contributed by atoms with Crippen LogP contribution in [0.25, 0.3) is 0 Å². The minimum Gasteiger partial charge on any atom is -0.347 e. The van der Waals surface area contributed by atoms with Crippen LogP contribution in [-0.2, 0) is 11.2 Å². The third-order valence-corrected chi connectivity index (χ3v) is 3.39. The van der Waals surface area contributed by atoms with E-state index >= 15 is 0 Å². The van der Waals surface area contributed by atoms with Gasteiger partial charge in [-0.05, 0) is 46.4 Å². The lowest BCUT2D eigenvalue weighted by molar-refractivity contribution is -0.138. The van der Waals surface area contributed by atoms with Gasteiger partial charge in [0.05, 0.1) is 6.42 Å². The first-order chi connectivity index (χ1) is 7.78. The molecule has 0 aromatic heterocycles. The number of alkyl halides is 3. The van der Waals surface area contributed by atoms with Gasteiger partial charge in [0.1, 0.15) is 6.54 Å². The Morgan fingerprint density at radius 2 is 2.06 bits per heavy atom. The van der Waals surface area contributed by atoms with E-state index in [-0.39, 0.29) is 6.42 Å². The van der Waals surface area contributed by atoms with Gasteiger partial charge in [-0.25, -0.2) is 0 Å². The highest BCUT2D eigenvalue weighted by molar-refractivity contribution is 14.1. The van der Waals surface area contributed by atoms with Crippen LogP contribution in [0.1, 0.15) is 5.56 Å². The molecule has 0 spiro atoms. The first-order valence-corrected chi connectivity index (χ1v) is 6.42. The topological polar surface area (TPSA) is 29.1 Å². The Balaban J connectivity index is 2.59. The van der Waals surface area contributed by atoms with Crippen molar-refractivity contribution in [1.29, 1.82) is 0 Å². The van der Waals surface area contributed by atoms with Gasteiger partial charge in [-0.15, -0.1) is 0 Å². The summed E-state index contributed by atoms with van der Waals surface area (Å²) in [6.45, 7) is -1.30. The van der Waals surface area contributed by atoms with E-state index in [2.05, 4.69) is 15.9 Å². The quantitative estimate of drug-likeness (QED) is 0.745. The first kappa shape index (κ1) is 14.7. The summed E-state index contributed by atoms with van der Waals surface area (Å²) in [7, 11) is 0. The minimum atomic E-state index is -4.37. The van der Waals surface area contributed by atoms with E-state index in [1.165, 1.54) is 0 Å². The Kier molecular flexibility index (Phi) is 5.23. The van der Waals surface area contributed by atoms with Crippen molar-refractivity contribution < 1.29 is 18.0 Å². The van der Waals surface area contributed by atoms with Crippen LogP contribution in [0.2, 0.25) is 0 Å². The molecule has 0 bridgehead atoms. The monoisotopic (exact) mass is 421 g/mol. The number of nitrogens with one attached hydrogen (secondary N) is 1. The third kappa shape index (κ3) is 5.71. The third-order valence-electron chi connectivity index (χ3n) is 1.84. The standard InChI is InChI=1S/C10H8BrF3INO/c11-7-1-2-8(15)6(3-7)4-9(17)16-5-10(12,13)14/h1-3H,4-5H2,(H,16,17). The van der Waals surface area contributed by atoms with E-state index in [0.29, 0.717) is 5.56 Å². The highest BCUT2D eigenvalue weighted by atomic mass is 127. The van der Waals surface area contributed by atoms with Crippen LogP contribution < -0.4 is 5.32 Å². The molecule has 2 nitrogen and oxygen atoms in total. The van der Waals surface area contributed by atoms with Crippen LogP contribution in [0.3, 0.4) is 0 Å². The van der Waals surface area contributed by atoms with Gasteiger partial charge in [-0.2, -0.15) is 13.2 Å². The Bertz CT molecular complexity index is 423. The molecule has 0 aliphatic heterocycles. The van der Waals surface area contributed by atoms with Crippen LogP contribution in [0.15, 0.2) is 22.7 Å². The first-order valence-electron chi connectivity index (χ1n) is 4.55. The van der Waals surface area contributed by atoms with Crippen LogP contribution in [0, 0.1) is 3.57 Å². The molecule has 0 atom stereocenters. The molecule has 0 unspecified atom stereocenters. The zero-order valence-electron chi connectivity index (χ0n) is 8.44. The van der Waals surface area contributed by atoms with Gasteiger partial charge >= 0.3 is 6.18 Å². The van der Waals surface area contributed by atoms with Gasteiger partial charge in [-0.3, -0.25) is 4.79 Å². The van der Waals surface area contributed by atoms with Gasteiger partial charge in [0, 0.05) is 8.04 Å². The van der Waals surface area contributed by atoms with Gasteiger partial charge in [0.25, 0.3) is 0 Å². The lowest BCUT2D eigenvalue weighted by Gasteiger charge is -2.09. The molecule has 17 heavy (non-hydrogen) atoms. The van der Waals surface area contributed by atoms with Crippen molar-refractivity contribution in [2.24, 2.45) is 0 Å². The average molecular weight is 422 g/mol. The zero-order chi connectivity index (χ0) is 13.1. The van der Waals surface area contributed by atoms with Crippen LogP contribution in [0.5, 0.6) is 0 Å². The van der Waals surface area contributed by atoms with Crippen LogP contribution in [-0.4, -0.2) is 18.6 Å². The highest BCUT2D eigenvalue weighted by Gasteiger charge is 2.27. The number of halogens is 5. The molecule has 1 amide bonds. The molecular formula is C10H8BrF3INO. The van der Waals surface area contributed by atoms with Crippen molar-refractivity contribution in [3.8, 4) is 0 Å². The van der Waals surface area contributed by atoms with Crippen molar-refractivity contribution in [3.05, 3.63) is 31.8 Å². The van der Waals surface area contributed by atoms with E-state index in [1.54, 1.807) is 18.2 Å². The Labute approximate surface area is 118 Å². The summed E-state index contributed by atoms with van der Waals surface area (Å²) < 4.78 is 37.3. The molecule has 1 N–H and O–H groups in total. The SMILES string of the molecule is O=C(Cc1cc(Br)ccc1I)NCC(F)(F)F. The molecule has 0 fully saturated rings. The van der Waals surface area contributed by atoms with Crippen molar-refractivity contribution in [3.63, 3.8) is 0 Å². The molecule has 94 valence electrons. The summed E-state index contributed by atoms with van der Waals surface area (Å²) in [5, 5.41) is 1.84. The molecule has 0 heterocycles. The summed E-state index contributed by atoms with van der Waals surface area (Å²) in [4.78, 5) is 11.3. The maximum absolute atomic E-state index is 11.9. The van der Waals surface area contributed by atoms with Crippen molar-refractivity contribution >= 4 is 44.4 Å². The average Bonchev–Trinajstić information content (AvgIpc) is 2.20. The van der Waals surface area contributed by atoms with E-state index in [0.717, 1.165) is 8.04 Å². The number of rotatable bonds is 3. The molecule has 1 aromatic rings. The van der Waals surface area contributed by atoms with Crippen LogP contribution in [0.4, 0.5) is 13.2 Å². The Hall–Kier alpha value is -0.310. The van der Waals surface area contributed by atoms with E-state index in [9.17, 15) is 18.0 Å². The van der Waals surface area contributed by atoms with Gasteiger partial charge in [0.15, 0.2) is 0 Å². The zero-order valence-corrected chi connectivity index (χ0v) is 12.2. The van der Waals surface area contributed by atoms with Gasteiger partial charge in [-0.1, -0.05) is 15.9 Å². The molecule has 0 aliphatic carbocycles. The number of benzene rings is 1. The second-order valence-corrected chi connectivity index (χ2v) is 5.38. The predicted molar refractivity (Wildman–Crippen MR) is 69.6 cm³/mol. The Morgan fingerprint density at radius 1 is 1.41 bits per heavy atom. The normalized spacial score (nSPS) is 11.4. The number of hydrogen-bond donors (Lipinski definition) is 1. The maximum atomic E-state index is 11.9. The molecule has 1 rings (SSSR count). The number of carbonyl (C=O) groups excluding carboxylic acids is 1. The molecule has 0 saturated heterocycles. The second-order valence-electron chi connectivity index (χ2n) is 3.30. The van der Waals surface area contributed by atoms with Gasteiger partial charge < -0.3 is 5.32 Å². The fourth-order valence-corrected chi connectivity index (χ4v) is 2.05. The van der Waals surface area contributed by atoms with Crippen molar-refractivity contribution in [2.75, 3.05) is 6.54 Å². The van der Waals surface area contributed by atoms with Crippen LogP contribution >= 0.6 is 38.5 Å². The number of carbonyl (C=O) groups is 1. The maximum Gasteiger partial charge on any atom is 0.405 e. The predicted octanol–water partition coefficient (Wildman–Crippen LogP) is 3.27. The second kappa shape index (κ2) is 6.03. The molecule has 0 radical (unpaired) electrons. The fraction of sp³-hybridized carbons (Fsp3) is 0.300. The van der Waals surface area contributed by atoms with Crippen molar-refractivity contribution in [2.45, 2.75) is 12.6 Å². The van der Waals surface area contributed by atoms with E-state index in [4.69, 9.17) is 0 Å². The molecule has 1 aromatic carbocycles. The van der Waals surface area contributed by atoms with Crippen molar-refractivity contribution in [1.82, 2.24) is 5.32 Å². The summed E-state index contributed by atoms with van der Waals surface area (Å²) in [6.07, 6.45) is -4.44. The minimum absolute atomic E-state index is 0.0617. The van der Waals surface area contributed by atoms with Gasteiger partial charge in [0.2, 0.25) is 5.91 Å². The summed E-state index contributed by atoms with van der Waals surface area (Å²) in [5.41, 5.74) is 0.694. The number of amides is 1. The smallest absolute Gasteiger partial charge is 0.347 e.